The summed E-state index contributed by atoms with van der Waals surface area (Å²) in [5.41, 5.74) is 1.71. The van der Waals surface area contributed by atoms with Gasteiger partial charge in [0.2, 0.25) is 0 Å². The Morgan fingerprint density at radius 1 is 1.04 bits per heavy atom. The lowest BCUT2D eigenvalue weighted by Crippen LogP contribution is -2.49. The normalized spacial score (nSPS) is 29.6. The molecule has 28 heavy (non-hydrogen) atoms. The second-order valence-corrected chi connectivity index (χ2v) is 9.46. The van der Waals surface area contributed by atoms with E-state index in [1.54, 1.807) is 0 Å². The summed E-state index contributed by atoms with van der Waals surface area (Å²) >= 11 is 6.15. The van der Waals surface area contributed by atoms with Crippen molar-refractivity contribution >= 4 is 17.3 Å². The predicted octanol–water partition coefficient (Wildman–Crippen LogP) is 4.13. The third kappa shape index (κ3) is 4.67. The van der Waals surface area contributed by atoms with Crippen molar-refractivity contribution in [2.75, 3.05) is 64.4 Å². The highest BCUT2D eigenvalue weighted by atomic mass is 35.5. The number of benzene rings is 1. The van der Waals surface area contributed by atoms with Gasteiger partial charge in [0.25, 0.3) is 0 Å². The van der Waals surface area contributed by atoms with E-state index in [0.717, 1.165) is 31.2 Å². The third-order valence-electron chi connectivity index (χ3n) is 7.29. The van der Waals surface area contributed by atoms with Gasteiger partial charge in [0, 0.05) is 56.0 Å². The van der Waals surface area contributed by atoms with E-state index in [4.69, 9.17) is 16.3 Å². The molecule has 156 valence electrons. The Morgan fingerprint density at radius 3 is 2.61 bits per heavy atom. The number of ether oxygens (including phenoxy) is 1. The van der Waals surface area contributed by atoms with Crippen LogP contribution in [0.15, 0.2) is 24.3 Å². The Kier molecular flexibility index (Phi) is 6.82. The molecule has 1 aromatic rings. The van der Waals surface area contributed by atoms with Crippen molar-refractivity contribution in [3.05, 3.63) is 29.3 Å². The lowest BCUT2D eigenvalue weighted by Gasteiger charge is -2.44. The van der Waals surface area contributed by atoms with Crippen LogP contribution in [0.4, 0.5) is 5.69 Å². The van der Waals surface area contributed by atoms with Crippen LogP contribution in [0.3, 0.4) is 0 Å². The van der Waals surface area contributed by atoms with E-state index >= 15 is 0 Å². The van der Waals surface area contributed by atoms with Crippen LogP contribution in [0.25, 0.3) is 0 Å². The summed E-state index contributed by atoms with van der Waals surface area (Å²) in [6.45, 7) is 9.51. The first-order chi connectivity index (χ1) is 13.7. The monoisotopic (exact) mass is 405 g/mol. The number of halogens is 1. The fraction of sp³-hybridized carbons (Fsp3) is 0.739. The van der Waals surface area contributed by atoms with Crippen LogP contribution in [0.5, 0.6) is 0 Å². The molecule has 2 saturated heterocycles. The number of likely N-dealkylation sites (tertiary alicyclic amines) is 1. The molecule has 0 amide bonds. The second kappa shape index (κ2) is 9.34. The summed E-state index contributed by atoms with van der Waals surface area (Å²) in [7, 11) is 1.92. The van der Waals surface area contributed by atoms with Crippen LogP contribution < -0.4 is 4.90 Å². The summed E-state index contributed by atoms with van der Waals surface area (Å²) in [5, 5.41) is 0.831. The van der Waals surface area contributed by atoms with Gasteiger partial charge in [-0.1, -0.05) is 24.1 Å². The summed E-state index contributed by atoms with van der Waals surface area (Å²) in [6, 6.07) is 8.25. The van der Waals surface area contributed by atoms with Gasteiger partial charge in [-0.25, -0.2) is 0 Å². The van der Waals surface area contributed by atoms with E-state index in [2.05, 4.69) is 26.8 Å². The van der Waals surface area contributed by atoms with Crippen molar-refractivity contribution in [1.82, 2.24) is 9.80 Å². The fourth-order valence-electron chi connectivity index (χ4n) is 5.81. The maximum Gasteiger partial charge on any atom is 0.0639 e. The van der Waals surface area contributed by atoms with E-state index in [1.165, 1.54) is 70.4 Å². The summed E-state index contributed by atoms with van der Waals surface area (Å²) < 4.78 is 5.86. The maximum atomic E-state index is 6.15. The molecule has 4 rings (SSSR count). The summed E-state index contributed by atoms with van der Waals surface area (Å²) in [6.07, 6.45) is 8.48. The Hall–Kier alpha value is -0.810. The minimum atomic E-state index is 0.454. The number of hydrogen-bond donors (Lipinski definition) is 0. The fourth-order valence-corrected chi connectivity index (χ4v) is 6.00. The Bertz CT molecular complexity index is 634. The van der Waals surface area contributed by atoms with Gasteiger partial charge in [0.05, 0.1) is 6.10 Å². The largest absolute Gasteiger partial charge is 0.381 e. The van der Waals surface area contributed by atoms with Gasteiger partial charge in [-0.3, -0.25) is 4.90 Å². The Morgan fingerprint density at radius 2 is 1.82 bits per heavy atom. The predicted molar refractivity (Wildman–Crippen MR) is 117 cm³/mol. The van der Waals surface area contributed by atoms with Crippen molar-refractivity contribution in [3.8, 4) is 0 Å². The van der Waals surface area contributed by atoms with Crippen molar-refractivity contribution in [1.29, 1.82) is 0 Å². The van der Waals surface area contributed by atoms with Gasteiger partial charge in [-0.2, -0.15) is 0 Å². The average Bonchev–Trinajstić information content (AvgIpc) is 3.10. The number of piperazine rings is 1. The Balaban J connectivity index is 1.19. The molecule has 1 aromatic carbocycles. The van der Waals surface area contributed by atoms with E-state index < -0.39 is 0 Å². The molecule has 0 aromatic heterocycles. The highest BCUT2D eigenvalue weighted by Crippen LogP contribution is 2.46. The molecule has 1 saturated carbocycles. The first-order valence-corrected chi connectivity index (χ1v) is 11.5. The second-order valence-electron chi connectivity index (χ2n) is 9.02. The number of rotatable bonds is 6. The summed E-state index contributed by atoms with van der Waals surface area (Å²) in [5.74, 6) is 0. The Labute approximate surface area is 175 Å². The van der Waals surface area contributed by atoms with Gasteiger partial charge in [0.15, 0.2) is 0 Å². The molecule has 4 nitrogen and oxygen atoms in total. The van der Waals surface area contributed by atoms with Crippen LogP contribution in [0.1, 0.15) is 38.5 Å². The molecule has 1 aliphatic carbocycles. The van der Waals surface area contributed by atoms with Crippen LogP contribution in [0, 0.1) is 5.41 Å². The number of hydrogen-bond acceptors (Lipinski definition) is 4. The number of nitrogens with zero attached hydrogens (tertiary/aromatic N) is 3. The summed E-state index contributed by atoms with van der Waals surface area (Å²) in [4.78, 5) is 7.82. The number of methoxy groups -OCH3 is 1. The van der Waals surface area contributed by atoms with Crippen molar-refractivity contribution in [2.24, 2.45) is 5.41 Å². The van der Waals surface area contributed by atoms with Gasteiger partial charge in [0.1, 0.15) is 0 Å². The molecule has 0 N–H and O–H groups in total. The average molecular weight is 406 g/mol. The number of anilines is 1. The molecule has 0 bridgehead atoms. The smallest absolute Gasteiger partial charge is 0.0639 e. The zero-order valence-electron chi connectivity index (χ0n) is 17.4. The molecule has 0 radical (unpaired) electrons. The van der Waals surface area contributed by atoms with Gasteiger partial charge in [-0.05, 0) is 69.9 Å². The molecule has 0 unspecified atom stereocenters. The van der Waals surface area contributed by atoms with E-state index in [9.17, 15) is 0 Å². The molecular formula is C23H36ClN3O. The molecule has 1 spiro atoms. The molecule has 2 atom stereocenters. The van der Waals surface area contributed by atoms with Crippen molar-refractivity contribution in [3.63, 3.8) is 0 Å². The van der Waals surface area contributed by atoms with Gasteiger partial charge in [-0.15, -0.1) is 0 Å². The first kappa shape index (κ1) is 20.5. The molecule has 3 fully saturated rings. The van der Waals surface area contributed by atoms with Crippen molar-refractivity contribution < 1.29 is 4.74 Å². The van der Waals surface area contributed by atoms with Crippen LogP contribution in [-0.2, 0) is 4.74 Å². The molecule has 2 heterocycles. The van der Waals surface area contributed by atoms with E-state index in [0.29, 0.717) is 11.5 Å². The highest BCUT2D eigenvalue weighted by Gasteiger charge is 2.45. The van der Waals surface area contributed by atoms with Crippen LogP contribution in [-0.4, -0.2) is 75.4 Å². The maximum absolute atomic E-state index is 6.15. The number of piperidine rings is 1. The molecule has 5 heteroatoms. The standard InChI is InChI=1S/C23H36ClN3O/c1-28-22-8-3-9-23(22)10-4-11-26(19-23)13-5-12-25-14-16-27(17-15-25)21-7-2-6-20(24)18-21/h2,6-7,18,22H,3-5,8-17,19H2,1H3/t22-,23+/m1/s1. The van der Waals surface area contributed by atoms with E-state index in [-0.39, 0.29) is 0 Å². The minimum absolute atomic E-state index is 0.454. The van der Waals surface area contributed by atoms with Gasteiger partial charge >= 0.3 is 0 Å². The lowest BCUT2D eigenvalue weighted by atomic mass is 9.76. The molecule has 2 aliphatic heterocycles. The zero-order chi connectivity index (χ0) is 19.4. The highest BCUT2D eigenvalue weighted by molar-refractivity contribution is 6.30. The SMILES string of the molecule is CO[C@@H]1CCC[C@@]12CCCN(CCCN1CCN(c3cccc(Cl)c3)CC1)C2. The van der Waals surface area contributed by atoms with Crippen molar-refractivity contribution in [2.45, 2.75) is 44.6 Å². The van der Waals surface area contributed by atoms with Gasteiger partial charge < -0.3 is 14.5 Å². The quantitative estimate of drug-likeness (QED) is 0.708. The third-order valence-corrected chi connectivity index (χ3v) is 7.53. The first-order valence-electron chi connectivity index (χ1n) is 11.2. The topological polar surface area (TPSA) is 19.0 Å². The van der Waals surface area contributed by atoms with Crippen LogP contribution >= 0.6 is 11.6 Å². The molecule has 3 aliphatic rings. The minimum Gasteiger partial charge on any atom is -0.381 e. The molecular weight excluding hydrogens is 370 g/mol. The van der Waals surface area contributed by atoms with Crippen LogP contribution in [0.2, 0.25) is 5.02 Å². The lowest BCUT2D eigenvalue weighted by molar-refractivity contribution is -0.0352. The van der Waals surface area contributed by atoms with E-state index in [1.807, 2.05) is 19.2 Å². The zero-order valence-corrected chi connectivity index (χ0v) is 18.2.